The van der Waals surface area contributed by atoms with Crippen molar-refractivity contribution in [2.75, 3.05) is 13.1 Å². The molecule has 0 aliphatic carbocycles. The molecular weight excluding hydrogens is 164 g/mol. The van der Waals surface area contributed by atoms with Crippen LogP contribution in [0.2, 0.25) is 0 Å². The zero-order chi connectivity index (χ0) is 10.4. The van der Waals surface area contributed by atoms with Crippen LogP contribution in [0.1, 0.15) is 34.1 Å². The molecule has 0 radical (unpaired) electrons. The molecule has 1 amide bonds. The summed E-state index contributed by atoms with van der Waals surface area (Å²) in [6.45, 7) is 9.53. The van der Waals surface area contributed by atoms with Gasteiger partial charge in [0.05, 0.1) is 6.04 Å². The van der Waals surface area contributed by atoms with Crippen LogP contribution in [-0.4, -0.2) is 29.9 Å². The first-order chi connectivity index (χ1) is 6.08. The van der Waals surface area contributed by atoms with Gasteiger partial charge >= 0.3 is 0 Å². The fraction of sp³-hybridized carbons (Fsp3) is 0.900. The largest absolute Gasteiger partial charge is 0.342 e. The van der Waals surface area contributed by atoms with E-state index < -0.39 is 0 Å². The third-order valence-corrected chi connectivity index (χ3v) is 2.62. The zero-order valence-electron chi connectivity index (χ0n) is 9.21. The molecular formula is C10H22N2O. The maximum Gasteiger partial charge on any atom is 0.239 e. The van der Waals surface area contributed by atoms with E-state index in [-0.39, 0.29) is 17.9 Å². The van der Waals surface area contributed by atoms with E-state index >= 15 is 0 Å². The first kappa shape index (κ1) is 12.4. The Hall–Kier alpha value is -0.570. The van der Waals surface area contributed by atoms with Crippen LogP contribution < -0.4 is 5.73 Å². The van der Waals surface area contributed by atoms with Gasteiger partial charge in [-0.25, -0.2) is 0 Å². The lowest BCUT2D eigenvalue weighted by Gasteiger charge is -2.25. The third kappa shape index (κ3) is 3.35. The molecule has 0 rings (SSSR count). The monoisotopic (exact) mass is 186 g/mol. The zero-order valence-corrected chi connectivity index (χ0v) is 9.21. The van der Waals surface area contributed by atoms with Crippen molar-refractivity contribution < 1.29 is 4.79 Å². The van der Waals surface area contributed by atoms with Crippen molar-refractivity contribution >= 4 is 5.91 Å². The molecule has 0 aliphatic heterocycles. The molecule has 0 aromatic carbocycles. The van der Waals surface area contributed by atoms with Crippen molar-refractivity contribution in [3.63, 3.8) is 0 Å². The number of likely N-dealkylation sites (N-methyl/N-ethyl adjacent to an activating group) is 1. The molecule has 0 aromatic heterocycles. The summed E-state index contributed by atoms with van der Waals surface area (Å²) >= 11 is 0. The molecule has 0 aliphatic rings. The van der Waals surface area contributed by atoms with Crippen molar-refractivity contribution in [2.45, 2.75) is 40.2 Å². The normalized spacial score (nSPS) is 15.2. The van der Waals surface area contributed by atoms with E-state index in [0.717, 1.165) is 19.5 Å². The van der Waals surface area contributed by atoms with E-state index in [1.54, 1.807) is 4.90 Å². The first-order valence-corrected chi connectivity index (χ1v) is 5.12. The van der Waals surface area contributed by atoms with Gasteiger partial charge in [0.25, 0.3) is 0 Å². The van der Waals surface area contributed by atoms with E-state index in [1.807, 2.05) is 20.8 Å². The van der Waals surface area contributed by atoms with E-state index in [9.17, 15) is 4.79 Å². The van der Waals surface area contributed by atoms with Gasteiger partial charge in [-0.15, -0.1) is 0 Å². The highest BCUT2D eigenvalue weighted by molar-refractivity contribution is 5.81. The van der Waals surface area contributed by atoms with Gasteiger partial charge in [-0.3, -0.25) is 4.79 Å². The molecule has 2 N–H and O–H groups in total. The number of nitrogens with two attached hydrogens (primary N) is 1. The fourth-order valence-corrected chi connectivity index (χ4v) is 1.24. The standard InChI is InChI=1S/C10H22N2O/c1-5-8(4)9(11)10(13)12(6-2)7-3/h8-9H,5-7,11H2,1-4H3/t8-,9+/m1/s1. The average molecular weight is 186 g/mol. The van der Waals surface area contributed by atoms with Crippen LogP contribution in [0.15, 0.2) is 0 Å². The summed E-state index contributed by atoms with van der Waals surface area (Å²) in [6, 6.07) is -0.329. The van der Waals surface area contributed by atoms with Gasteiger partial charge < -0.3 is 10.6 Å². The van der Waals surface area contributed by atoms with Crippen molar-refractivity contribution in [3.8, 4) is 0 Å². The minimum atomic E-state index is -0.329. The SMILES string of the molecule is CC[C@@H](C)[C@H](N)C(=O)N(CC)CC. The van der Waals surface area contributed by atoms with Gasteiger partial charge in [-0.2, -0.15) is 0 Å². The second-order valence-corrected chi connectivity index (χ2v) is 3.42. The van der Waals surface area contributed by atoms with E-state index in [4.69, 9.17) is 5.73 Å². The van der Waals surface area contributed by atoms with Crippen molar-refractivity contribution in [3.05, 3.63) is 0 Å². The third-order valence-electron chi connectivity index (χ3n) is 2.62. The van der Waals surface area contributed by atoms with Gasteiger partial charge in [0, 0.05) is 13.1 Å². The summed E-state index contributed by atoms with van der Waals surface area (Å²) in [4.78, 5) is 13.5. The van der Waals surface area contributed by atoms with Crippen LogP contribution in [0, 0.1) is 5.92 Å². The molecule has 2 atom stereocenters. The Bertz CT molecular complexity index is 155. The van der Waals surface area contributed by atoms with Crippen LogP contribution in [-0.2, 0) is 4.79 Å². The molecule has 0 saturated heterocycles. The lowest BCUT2D eigenvalue weighted by molar-refractivity contribution is -0.133. The number of amides is 1. The predicted octanol–water partition coefficient (Wildman–Crippen LogP) is 1.23. The van der Waals surface area contributed by atoms with Crippen LogP contribution >= 0.6 is 0 Å². The number of nitrogens with zero attached hydrogens (tertiary/aromatic N) is 1. The quantitative estimate of drug-likeness (QED) is 0.702. The second kappa shape index (κ2) is 5.97. The molecule has 0 fully saturated rings. The minimum Gasteiger partial charge on any atom is -0.342 e. The summed E-state index contributed by atoms with van der Waals surface area (Å²) in [6.07, 6.45) is 0.953. The highest BCUT2D eigenvalue weighted by Gasteiger charge is 2.22. The lowest BCUT2D eigenvalue weighted by atomic mass is 9.99. The lowest BCUT2D eigenvalue weighted by Crippen LogP contribution is -2.46. The second-order valence-electron chi connectivity index (χ2n) is 3.42. The fourth-order valence-electron chi connectivity index (χ4n) is 1.24. The van der Waals surface area contributed by atoms with E-state index in [0.29, 0.717) is 0 Å². The van der Waals surface area contributed by atoms with Crippen molar-refractivity contribution in [2.24, 2.45) is 11.7 Å². The molecule has 3 nitrogen and oxygen atoms in total. The molecule has 0 spiro atoms. The number of carbonyl (C=O) groups excluding carboxylic acids is 1. The van der Waals surface area contributed by atoms with Gasteiger partial charge in [-0.05, 0) is 19.8 Å². The highest BCUT2D eigenvalue weighted by Crippen LogP contribution is 2.08. The molecule has 0 heterocycles. The van der Waals surface area contributed by atoms with E-state index in [2.05, 4.69) is 6.92 Å². The minimum absolute atomic E-state index is 0.0827. The topological polar surface area (TPSA) is 46.3 Å². The Labute approximate surface area is 81.3 Å². The Morgan fingerprint density at radius 3 is 2.08 bits per heavy atom. The van der Waals surface area contributed by atoms with E-state index in [1.165, 1.54) is 0 Å². The average Bonchev–Trinajstić information content (AvgIpc) is 2.17. The number of carbonyl (C=O) groups is 1. The predicted molar refractivity (Wildman–Crippen MR) is 55.4 cm³/mol. The summed E-state index contributed by atoms with van der Waals surface area (Å²) in [5.74, 6) is 0.354. The Morgan fingerprint density at radius 1 is 1.31 bits per heavy atom. The summed E-state index contributed by atoms with van der Waals surface area (Å²) in [5, 5.41) is 0. The maximum atomic E-state index is 11.7. The number of hydrogen-bond donors (Lipinski definition) is 1. The van der Waals surface area contributed by atoms with Gasteiger partial charge in [0.15, 0.2) is 0 Å². The van der Waals surface area contributed by atoms with Crippen molar-refractivity contribution in [1.82, 2.24) is 4.90 Å². The van der Waals surface area contributed by atoms with Gasteiger partial charge in [-0.1, -0.05) is 20.3 Å². The van der Waals surface area contributed by atoms with Gasteiger partial charge in [0.2, 0.25) is 5.91 Å². The maximum absolute atomic E-state index is 11.7. The summed E-state index contributed by atoms with van der Waals surface area (Å²) < 4.78 is 0. The molecule has 0 aromatic rings. The Morgan fingerprint density at radius 2 is 1.77 bits per heavy atom. The molecule has 78 valence electrons. The van der Waals surface area contributed by atoms with Crippen LogP contribution in [0.4, 0.5) is 0 Å². The van der Waals surface area contributed by atoms with Crippen LogP contribution in [0.5, 0.6) is 0 Å². The summed E-state index contributed by atoms with van der Waals surface area (Å²) in [7, 11) is 0. The Balaban J connectivity index is 4.22. The number of hydrogen-bond acceptors (Lipinski definition) is 2. The molecule has 3 heteroatoms. The highest BCUT2D eigenvalue weighted by atomic mass is 16.2. The molecule has 13 heavy (non-hydrogen) atoms. The van der Waals surface area contributed by atoms with Crippen LogP contribution in [0.3, 0.4) is 0 Å². The van der Waals surface area contributed by atoms with Gasteiger partial charge in [0.1, 0.15) is 0 Å². The summed E-state index contributed by atoms with van der Waals surface area (Å²) in [5.41, 5.74) is 5.83. The first-order valence-electron chi connectivity index (χ1n) is 5.12. The van der Waals surface area contributed by atoms with Crippen LogP contribution in [0.25, 0.3) is 0 Å². The smallest absolute Gasteiger partial charge is 0.239 e. The molecule has 0 bridgehead atoms. The Kier molecular flexibility index (Phi) is 5.71. The number of rotatable bonds is 5. The van der Waals surface area contributed by atoms with Crippen molar-refractivity contribution in [1.29, 1.82) is 0 Å². The molecule has 0 unspecified atom stereocenters. The molecule has 0 saturated carbocycles.